The molecule has 0 spiro atoms. The molecule has 20 heavy (non-hydrogen) atoms. The van der Waals surface area contributed by atoms with Crippen molar-refractivity contribution in [2.45, 2.75) is 26.4 Å². The average molecular weight is 267 g/mol. The Labute approximate surface area is 118 Å². The van der Waals surface area contributed by atoms with E-state index in [2.05, 4.69) is 0 Å². The number of hydrogen-bond donors (Lipinski definition) is 0. The molecule has 0 saturated carbocycles. The Balaban J connectivity index is 2.20. The summed E-state index contributed by atoms with van der Waals surface area (Å²) >= 11 is 0. The smallest absolute Gasteiger partial charge is 0.275 e. The molecule has 102 valence electrons. The van der Waals surface area contributed by atoms with E-state index in [4.69, 9.17) is 4.74 Å². The van der Waals surface area contributed by atoms with E-state index in [-0.39, 0.29) is 5.91 Å². The second-order valence-electron chi connectivity index (χ2n) is 5.56. The lowest BCUT2D eigenvalue weighted by Gasteiger charge is -2.38. The second-order valence-corrected chi connectivity index (χ2v) is 5.56. The van der Waals surface area contributed by atoms with Crippen molar-refractivity contribution < 1.29 is 9.53 Å². The molecule has 1 heterocycles. The molecule has 1 aliphatic heterocycles. The Morgan fingerprint density at radius 3 is 2.55 bits per heavy atom. The molecule has 3 nitrogen and oxygen atoms in total. The van der Waals surface area contributed by atoms with Crippen LogP contribution < -0.4 is 9.64 Å². The van der Waals surface area contributed by atoms with Crippen molar-refractivity contribution in [3.05, 3.63) is 54.1 Å². The lowest BCUT2D eigenvalue weighted by Crippen LogP contribution is -2.50. The van der Waals surface area contributed by atoms with Crippen molar-refractivity contribution in [1.82, 2.24) is 0 Å². The van der Waals surface area contributed by atoms with E-state index < -0.39 is 5.60 Å². The first-order chi connectivity index (χ1) is 9.49. The van der Waals surface area contributed by atoms with E-state index in [1.165, 1.54) is 0 Å². The summed E-state index contributed by atoms with van der Waals surface area (Å²) in [6.07, 6.45) is 0. The summed E-state index contributed by atoms with van der Waals surface area (Å²) in [5.74, 6) is 0.681. The van der Waals surface area contributed by atoms with E-state index in [9.17, 15) is 4.79 Å². The summed E-state index contributed by atoms with van der Waals surface area (Å²) in [5, 5.41) is 0. The number of carbonyl (C=O) groups is 1. The number of fused-ring (bicyclic) bond motifs is 1. The normalized spacial score (nSPS) is 16.6. The van der Waals surface area contributed by atoms with Gasteiger partial charge < -0.3 is 4.74 Å². The molecular formula is C17H17NO2. The first-order valence-corrected chi connectivity index (χ1v) is 6.68. The fourth-order valence-corrected chi connectivity index (χ4v) is 2.45. The third-order valence-corrected chi connectivity index (χ3v) is 3.45. The molecule has 0 bridgehead atoms. The van der Waals surface area contributed by atoms with E-state index in [1.54, 1.807) is 18.7 Å². The molecule has 0 aromatic heterocycles. The molecule has 0 radical (unpaired) electrons. The van der Waals surface area contributed by atoms with E-state index in [1.807, 2.05) is 55.5 Å². The van der Waals surface area contributed by atoms with Gasteiger partial charge in [0.15, 0.2) is 5.60 Å². The van der Waals surface area contributed by atoms with Crippen molar-refractivity contribution in [3.63, 3.8) is 0 Å². The second kappa shape index (κ2) is 4.37. The van der Waals surface area contributed by atoms with E-state index in [0.717, 1.165) is 22.7 Å². The maximum Gasteiger partial charge on any atom is 0.275 e. The molecule has 2 aromatic carbocycles. The van der Waals surface area contributed by atoms with Crippen molar-refractivity contribution in [2.24, 2.45) is 0 Å². The van der Waals surface area contributed by atoms with Gasteiger partial charge in [0.25, 0.3) is 5.91 Å². The Kier molecular flexibility index (Phi) is 2.78. The zero-order chi connectivity index (χ0) is 14.3. The van der Waals surface area contributed by atoms with Crippen LogP contribution in [0, 0.1) is 6.92 Å². The molecule has 1 amide bonds. The molecule has 0 fully saturated rings. The van der Waals surface area contributed by atoms with Crippen molar-refractivity contribution >= 4 is 17.3 Å². The fraction of sp³-hybridized carbons (Fsp3) is 0.235. The van der Waals surface area contributed by atoms with Crippen molar-refractivity contribution in [3.8, 4) is 5.75 Å². The first kappa shape index (κ1) is 12.7. The predicted octanol–water partition coefficient (Wildman–Crippen LogP) is 3.83. The van der Waals surface area contributed by atoms with Gasteiger partial charge in [-0.25, -0.2) is 0 Å². The summed E-state index contributed by atoms with van der Waals surface area (Å²) in [5.41, 5.74) is 1.93. The number of nitrogens with zero attached hydrogens (tertiary/aromatic N) is 1. The highest BCUT2D eigenvalue weighted by Gasteiger charge is 2.41. The van der Waals surface area contributed by atoms with Gasteiger partial charge in [-0.05, 0) is 50.6 Å². The Bertz CT molecular complexity index is 676. The Morgan fingerprint density at radius 2 is 1.80 bits per heavy atom. The lowest BCUT2D eigenvalue weighted by atomic mass is 10.0. The topological polar surface area (TPSA) is 29.5 Å². The zero-order valence-electron chi connectivity index (χ0n) is 11.9. The minimum absolute atomic E-state index is 0.0539. The van der Waals surface area contributed by atoms with Gasteiger partial charge in [-0.15, -0.1) is 0 Å². The van der Waals surface area contributed by atoms with Crippen LogP contribution in [0.15, 0.2) is 48.5 Å². The van der Waals surface area contributed by atoms with Crippen LogP contribution >= 0.6 is 0 Å². The third-order valence-electron chi connectivity index (χ3n) is 3.45. The van der Waals surface area contributed by atoms with Gasteiger partial charge in [0.1, 0.15) is 5.75 Å². The van der Waals surface area contributed by atoms with E-state index >= 15 is 0 Å². The van der Waals surface area contributed by atoms with Crippen LogP contribution in [0.5, 0.6) is 5.75 Å². The number of rotatable bonds is 1. The van der Waals surface area contributed by atoms with E-state index in [0.29, 0.717) is 0 Å². The van der Waals surface area contributed by atoms with Crippen LogP contribution in [0.1, 0.15) is 19.4 Å². The van der Waals surface area contributed by atoms with Crippen LogP contribution in [0.4, 0.5) is 11.4 Å². The average Bonchev–Trinajstić information content (AvgIpc) is 2.40. The molecule has 3 rings (SSSR count). The molecule has 0 N–H and O–H groups in total. The highest BCUT2D eigenvalue weighted by atomic mass is 16.5. The molecule has 1 aliphatic rings. The van der Waals surface area contributed by atoms with Crippen LogP contribution in [0.3, 0.4) is 0 Å². The maximum absolute atomic E-state index is 12.7. The number of anilines is 2. The number of ether oxygens (including phenoxy) is 1. The van der Waals surface area contributed by atoms with Gasteiger partial charge in [0, 0.05) is 5.69 Å². The first-order valence-electron chi connectivity index (χ1n) is 6.68. The summed E-state index contributed by atoms with van der Waals surface area (Å²) < 4.78 is 5.82. The molecule has 3 heteroatoms. The summed E-state index contributed by atoms with van der Waals surface area (Å²) in [4.78, 5) is 14.5. The van der Waals surface area contributed by atoms with Gasteiger partial charge in [0.2, 0.25) is 0 Å². The predicted molar refractivity (Wildman–Crippen MR) is 79.5 cm³/mol. The van der Waals surface area contributed by atoms with Gasteiger partial charge in [-0.2, -0.15) is 0 Å². The number of hydrogen-bond acceptors (Lipinski definition) is 2. The fourth-order valence-electron chi connectivity index (χ4n) is 2.45. The number of amides is 1. The van der Waals surface area contributed by atoms with Gasteiger partial charge in [0.05, 0.1) is 5.69 Å². The number of carbonyl (C=O) groups excluding carboxylic acids is 1. The van der Waals surface area contributed by atoms with Gasteiger partial charge in [-0.1, -0.05) is 24.3 Å². The Hall–Kier alpha value is -2.29. The van der Waals surface area contributed by atoms with Crippen LogP contribution in [-0.2, 0) is 4.79 Å². The monoisotopic (exact) mass is 267 g/mol. The van der Waals surface area contributed by atoms with Crippen LogP contribution in [-0.4, -0.2) is 11.5 Å². The Morgan fingerprint density at radius 1 is 1.05 bits per heavy atom. The molecule has 0 unspecified atom stereocenters. The largest absolute Gasteiger partial charge is 0.476 e. The zero-order valence-corrected chi connectivity index (χ0v) is 11.9. The quantitative estimate of drug-likeness (QED) is 0.786. The van der Waals surface area contributed by atoms with Crippen molar-refractivity contribution in [2.75, 3.05) is 4.90 Å². The van der Waals surface area contributed by atoms with Crippen LogP contribution in [0.2, 0.25) is 0 Å². The maximum atomic E-state index is 12.7. The number of aryl methyl sites for hydroxylation is 1. The summed E-state index contributed by atoms with van der Waals surface area (Å²) in [6, 6.07) is 15.6. The summed E-state index contributed by atoms with van der Waals surface area (Å²) in [7, 11) is 0. The van der Waals surface area contributed by atoms with Gasteiger partial charge >= 0.3 is 0 Å². The molecule has 0 atom stereocenters. The highest BCUT2D eigenvalue weighted by molar-refractivity contribution is 6.07. The lowest BCUT2D eigenvalue weighted by molar-refractivity contribution is -0.131. The van der Waals surface area contributed by atoms with Crippen LogP contribution in [0.25, 0.3) is 0 Å². The highest BCUT2D eigenvalue weighted by Crippen LogP contribution is 2.41. The summed E-state index contributed by atoms with van der Waals surface area (Å²) in [6.45, 7) is 5.62. The molecule has 2 aromatic rings. The standard InChI is InChI=1S/C17H17NO2/c1-12-7-6-8-13(11-12)18-14-9-4-5-10-15(14)20-17(2,3)16(18)19/h4-11H,1-3H3. The minimum Gasteiger partial charge on any atom is -0.476 e. The molecular weight excluding hydrogens is 250 g/mol. The minimum atomic E-state index is -0.863. The number of para-hydroxylation sites is 2. The molecule has 0 aliphatic carbocycles. The van der Waals surface area contributed by atoms with Crippen molar-refractivity contribution in [1.29, 1.82) is 0 Å². The van der Waals surface area contributed by atoms with Gasteiger partial charge in [-0.3, -0.25) is 9.69 Å². The third kappa shape index (κ3) is 1.95. The SMILES string of the molecule is Cc1cccc(N2C(=O)C(C)(C)Oc3ccccc32)c1. The number of benzene rings is 2. The molecule has 0 saturated heterocycles.